The number of thiocarbonyl (C=S) groups is 1. The highest BCUT2D eigenvalue weighted by Gasteiger charge is 2.08. The molecule has 1 aromatic rings. The zero-order valence-corrected chi connectivity index (χ0v) is 10.8. The van der Waals surface area contributed by atoms with E-state index in [4.69, 9.17) is 18.0 Å². The maximum absolute atomic E-state index is 5.58. The summed E-state index contributed by atoms with van der Waals surface area (Å²) in [4.78, 5) is 0.581. The molecule has 0 radical (unpaired) electrons. The summed E-state index contributed by atoms with van der Waals surface area (Å²) in [5.74, 6) is 0.254. The lowest BCUT2D eigenvalue weighted by atomic mass is 10.0. The van der Waals surface area contributed by atoms with E-state index in [9.17, 15) is 0 Å². The highest BCUT2D eigenvalue weighted by Crippen LogP contribution is 2.21. The van der Waals surface area contributed by atoms with E-state index in [1.54, 1.807) is 0 Å². The van der Waals surface area contributed by atoms with Crippen LogP contribution in [0.4, 0.5) is 0 Å². The SMILES string of the molecule is Cc1ccc(CC(C)C(N)=S)c(Br)c1. The van der Waals surface area contributed by atoms with E-state index in [1.807, 2.05) is 0 Å². The zero-order valence-electron chi connectivity index (χ0n) is 8.38. The Hall–Kier alpha value is -0.410. The number of nitrogens with two attached hydrogens (primary N) is 1. The summed E-state index contributed by atoms with van der Waals surface area (Å²) < 4.78 is 1.14. The molecule has 0 saturated carbocycles. The fraction of sp³-hybridized carbons (Fsp3) is 0.364. The van der Waals surface area contributed by atoms with E-state index in [-0.39, 0.29) is 5.92 Å². The lowest BCUT2D eigenvalue weighted by Crippen LogP contribution is -2.20. The van der Waals surface area contributed by atoms with Crippen molar-refractivity contribution in [2.75, 3.05) is 0 Å². The number of hydrogen-bond acceptors (Lipinski definition) is 1. The van der Waals surface area contributed by atoms with Gasteiger partial charge in [0.1, 0.15) is 0 Å². The number of hydrogen-bond donors (Lipinski definition) is 1. The molecule has 0 heterocycles. The maximum Gasteiger partial charge on any atom is 0.0759 e. The van der Waals surface area contributed by atoms with Gasteiger partial charge in [-0.2, -0.15) is 0 Å². The second-order valence-corrected chi connectivity index (χ2v) is 4.93. The molecule has 0 aromatic heterocycles. The van der Waals surface area contributed by atoms with Crippen LogP contribution in [0.3, 0.4) is 0 Å². The van der Waals surface area contributed by atoms with Crippen LogP contribution in [0.25, 0.3) is 0 Å². The average molecular weight is 272 g/mol. The van der Waals surface area contributed by atoms with Crippen molar-refractivity contribution in [3.63, 3.8) is 0 Å². The third-order valence-corrected chi connectivity index (χ3v) is 3.36. The molecule has 0 aliphatic heterocycles. The first-order valence-electron chi connectivity index (χ1n) is 4.55. The Morgan fingerprint density at radius 1 is 1.57 bits per heavy atom. The van der Waals surface area contributed by atoms with Crippen LogP contribution in [0.5, 0.6) is 0 Å². The van der Waals surface area contributed by atoms with Crippen molar-refractivity contribution < 1.29 is 0 Å². The molecule has 0 aliphatic rings. The van der Waals surface area contributed by atoms with Crippen molar-refractivity contribution in [1.29, 1.82) is 0 Å². The summed E-state index contributed by atoms with van der Waals surface area (Å²) in [6.07, 6.45) is 0.899. The molecule has 0 fully saturated rings. The van der Waals surface area contributed by atoms with Crippen molar-refractivity contribution in [3.8, 4) is 0 Å². The lowest BCUT2D eigenvalue weighted by molar-refractivity contribution is 0.768. The Balaban J connectivity index is 2.82. The summed E-state index contributed by atoms with van der Waals surface area (Å²) in [6, 6.07) is 6.34. The Kier molecular flexibility index (Phi) is 4.08. The van der Waals surface area contributed by atoms with Crippen LogP contribution >= 0.6 is 28.1 Å². The molecule has 0 spiro atoms. The summed E-state index contributed by atoms with van der Waals surface area (Å²) in [6.45, 7) is 4.13. The van der Waals surface area contributed by atoms with Gasteiger partial charge in [0.25, 0.3) is 0 Å². The van der Waals surface area contributed by atoms with E-state index in [0.717, 1.165) is 10.9 Å². The van der Waals surface area contributed by atoms with Crippen LogP contribution in [0.15, 0.2) is 22.7 Å². The molecule has 1 aromatic carbocycles. The van der Waals surface area contributed by atoms with Gasteiger partial charge in [-0.3, -0.25) is 0 Å². The largest absolute Gasteiger partial charge is 0.393 e. The molecule has 1 rings (SSSR count). The van der Waals surface area contributed by atoms with Gasteiger partial charge in [0.2, 0.25) is 0 Å². The fourth-order valence-corrected chi connectivity index (χ4v) is 1.99. The Morgan fingerprint density at radius 2 is 2.21 bits per heavy atom. The summed E-state index contributed by atoms with van der Waals surface area (Å²) in [5.41, 5.74) is 8.09. The predicted octanol–water partition coefficient (Wildman–Crippen LogP) is 3.22. The molecule has 1 nitrogen and oxygen atoms in total. The average Bonchev–Trinajstić information content (AvgIpc) is 2.09. The van der Waals surface area contributed by atoms with Gasteiger partial charge in [0.15, 0.2) is 0 Å². The minimum absolute atomic E-state index is 0.254. The highest BCUT2D eigenvalue weighted by molar-refractivity contribution is 9.10. The van der Waals surface area contributed by atoms with Gasteiger partial charge < -0.3 is 5.73 Å². The minimum Gasteiger partial charge on any atom is -0.393 e. The van der Waals surface area contributed by atoms with Crippen molar-refractivity contribution in [1.82, 2.24) is 0 Å². The topological polar surface area (TPSA) is 26.0 Å². The van der Waals surface area contributed by atoms with E-state index in [2.05, 4.69) is 48.0 Å². The van der Waals surface area contributed by atoms with Crippen molar-refractivity contribution >= 4 is 33.1 Å². The lowest BCUT2D eigenvalue weighted by Gasteiger charge is -2.11. The van der Waals surface area contributed by atoms with Gasteiger partial charge in [0.05, 0.1) is 4.99 Å². The Bertz CT molecular complexity index is 349. The van der Waals surface area contributed by atoms with Crippen LogP contribution in [-0.4, -0.2) is 4.99 Å². The molecule has 14 heavy (non-hydrogen) atoms. The molecular formula is C11H14BrNS. The first-order chi connectivity index (χ1) is 6.50. The molecule has 0 aliphatic carbocycles. The summed E-state index contributed by atoms with van der Waals surface area (Å²) in [7, 11) is 0. The van der Waals surface area contributed by atoms with Gasteiger partial charge in [-0.1, -0.05) is 47.2 Å². The third-order valence-electron chi connectivity index (χ3n) is 2.22. The summed E-state index contributed by atoms with van der Waals surface area (Å²) >= 11 is 8.49. The number of benzene rings is 1. The van der Waals surface area contributed by atoms with Crippen molar-refractivity contribution in [3.05, 3.63) is 33.8 Å². The van der Waals surface area contributed by atoms with E-state index in [0.29, 0.717) is 4.99 Å². The normalized spacial score (nSPS) is 12.5. The first-order valence-corrected chi connectivity index (χ1v) is 5.75. The quantitative estimate of drug-likeness (QED) is 0.855. The van der Waals surface area contributed by atoms with E-state index in [1.165, 1.54) is 11.1 Å². The molecule has 0 amide bonds. The minimum atomic E-state index is 0.254. The molecule has 1 atom stereocenters. The summed E-state index contributed by atoms with van der Waals surface area (Å²) in [5, 5.41) is 0. The Morgan fingerprint density at radius 3 is 2.71 bits per heavy atom. The van der Waals surface area contributed by atoms with Crippen LogP contribution in [-0.2, 0) is 6.42 Å². The van der Waals surface area contributed by atoms with E-state index >= 15 is 0 Å². The monoisotopic (exact) mass is 271 g/mol. The molecule has 3 heteroatoms. The van der Waals surface area contributed by atoms with Crippen LogP contribution in [0.2, 0.25) is 0 Å². The van der Waals surface area contributed by atoms with Crippen LogP contribution in [0.1, 0.15) is 18.1 Å². The molecule has 0 saturated heterocycles. The molecule has 1 unspecified atom stereocenters. The second kappa shape index (κ2) is 4.89. The van der Waals surface area contributed by atoms with Gasteiger partial charge in [0, 0.05) is 10.4 Å². The van der Waals surface area contributed by atoms with Crippen LogP contribution in [0, 0.1) is 12.8 Å². The number of rotatable bonds is 3. The van der Waals surface area contributed by atoms with Gasteiger partial charge in [-0.15, -0.1) is 0 Å². The maximum atomic E-state index is 5.58. The van der Waals surface area contributed by atoms with Gasteiger partial charge in [-0.05, 0) is 30.5 Å². The molecular weight excluding hydrogens is 258 g/mol. The standard InChI is InChI=1S/C11H14BrNS/c1-7-3-4-9(10(12)5-7)6-8(2)11(13)14/h3-5,8H,6H2,1-2H3,(H2,13,14). The molecule has 0 bridgehead atoms. The fourth-order valence-electron chi connectivity index (χ4n) is 1.25. The Labute approximate surface area is 98.8 Å². The highest BCUT2D eigenvalue weighted by atomic mass is 79.9. The number of halogens is 1. The van der Waals surface area contributed by atoms with Crippen molar-refractivity contribution in [2.45, 2.75) is 20.3 Å². The third kappa shape index (κ3) is 3.07. The molecule has 2 N–H and O–H groups in total. The zero-order chi connectivity index (χ0) is 10.7. The first kappa shape index (κ1) is 11.7. The smallest absolute Gasteiger partial charge is 0.0759 e. The molecule has 76 valence electrons. The second-order valence-electron chi connectivity index (χ2n) is 3.60. The predicted molar refractivity (Wildman–Crippen MR) is 68.5 cm³/mol. The number of aryl methyl sites for hydroxylation is 1. The van der Waals surface area contributed by atoms with Crippen LogP contribution < -0.4 is 5.73 Å². The van der Waals surface area contributed by atoms with Crippen molar-refractivity contribution in [2.24, 2.45) is 11.7 Å². The van der Waals surface area contributed by atoms with Gasteiger partial charge in [-0.25, -0.2) is 0 Å². The van der Waals surface area contributed by atoms with Gasteiger partial charge >= 0.3 is 0 Å². The van der Waals surface area contributed by atoms with E-state index < -0.39 is 0 Å².